The Labute approximate surface area is 147 Å². The lowest BCUT2D eigenvalue weighted by Crippen LogP contribution is -2.35. The number of nitrogens with zero attached hydrogens (tertiary/aromatic N) is 1. The lowest BCUT2D eigenvalue weighted by atomic mass is 10.0. The molecule has 1 aliphatic heterocycles. The number of amides is 1. The van der Waals surface area contributed by atoms with Crippen molar-refractivity contribution >= 4 is 15.7 Å². The normalized spacial score (nSPS) is 18.7. The zero-order chi connectivity index (χ0) is 17.9. The molecule has 1 aromatic heterocycles. The molecule has 1 aliphatic rings. The minimum absolute atomic E-state index is 0.00959. The first-order chi connectivity index (χ1) is 11.9. The first kappa shape index (κ1) is 17.4. The summed E-state index contributed by atoms with van der Waals surface area (Å²) in [5.74, 6) is 0.630. The lowest BCUT2D eigenvalue weighted by molar-refractivity contribution is 0.0940. The fourth-order valence-electron chi connectivity index (χ4n) is 2.90. The summed E-state index contributed by atoms with van der Waals surface area (Å²) in [5.41, 5.74) is 2.39. The Morgan fingerprint density at radius 3 is 2.84 bits per heavy atom. The maximum absolute atomic E-state index is 12.4. The van der Waals surface area contributed by atoms with E-state index < -0.39 is 9.84 Å². The van der Waals surface area contributed by atoms with Gasteiger partial charge in [0.2, 0.25) is 0 Å². The van der Waals surface area contributed by atoms with E-state index >= 15 is 0 Å². The van der Waals surface area contributed by atoms with Crippen LogP contribution in [0.5, 0.6) is 5.75 Å². The smallest absolute Gasteiger partial charge is 0.253 e. The zero-order valence-electron chi connectivity index (χ0n) is 13.9. The molecule has 7 heteroatoms. The van der Waals surface area contributed by atoms with Crippen LogP contribution in [0.1, 0.15) is 27.9 Å². The van der Waals surface area contributed by atoms with Crippen LogP contribution in [0.2, 0.25) is 0 Å². The summed E-state index contributed by atoms with van der Waals surface area (Å²) < 4.78 is 28.2. The molecular formula is C18H20N2O4S. The van der Waals surface area contributed by atoms with E-state index in [1.807, 2.05) is 24.3 Å². The highest BCUT2D eigenvalue weighted by Gasteiger charge is 2.29. The van der Waals surface area contributed by atoms with Gasteiger partial charge in [0.1, 0.15) is 5.75 Å². The molecule has 0 radical (unpaired) electrons. The number of carbonyl (C=O) groups is 1. The van der Waals surface area contributed by atoms with Gasteiger partial charge in [0.05, 0.1) is 24.2 Å². The largest absolute Gasteiger partial charge is 0.497 e. The molecule has 2 aromatic rings. The zero-order valence-corrected chi connectivity index (χ0v) is 14.8. The van der Waals surface area contributed by atoms with Crippen molar-refractivity contribution in [2.45, 2.75) is 18.9 Å². The SMILES string of the molecule is COc1cccc(Cc2cncc(C(=O)NC3CCS(=O)(=O)C3)c2)c1. The summed E-state index contributed by atoms with van der Waals surface area (Å²) in [7, 11) is -1.40. The molecule has 1 atom stereocenters. The third-order valence-corrected chi connectivity index (χ3v) is 5.94. The van der Waals surface area contributed by atoms with Crippen molar-refractivity contribution in [3.05, 3.63) is 59.4 Å². The van der Waals surface area contributed by atoms with Crippen molar-refractivity contribution in [2.24, 2.45) is 0 Å². The molecule has 0 aliphatic carbocycles. The predicted octanol–water partition coefficient (Wildman–Crippen LogP) is 1.60. The molecule has 1 saturated heterocycles. The van der Waals surface area contributed by atoms with Gasteiger partial charge < -0.3 is 10.1 Å². The van der Waals surface area contributed by atoms with Crippen LogP contribution < -0.4 is 10.1 Å². The minimum Gasteiger partial charge on any atom is -0.497 e. The van der Waals surface area contributed by atoms with Gasteiger partial charge in [-0.3, -0.25) is 9.78 Å². The predicted molar refractivity (Wildman–Crippen MR) is 94.6 cm³/mol. The van der Waals surface area contributed by atoms with Gasteiger partial charge in [0.25, 0.3) is 5.91 Å². The summed E-state index contributed by atoms with van der Waals surface area (Å²) in [6, 6.07) is 9.18. The molecule has 3 rings (SSSR count). The van der Waals surface area contributed by atoms with Gasteiger partial charge in [-0.2, -0.15) is 0 Å². The van der Waals surface area contributed by atoms with Crippen molar-refractivity contribution < 1.29 is 17.9 Å². The fourth-order valence-corrected chi connectivity index (χ4v) is 4.58. The number of rotatable bonds is 5. The number of nitrogens with one attached hydrogen (secondary N) is 1. The number of benzene rings is 1. The Hall–Kier alpha value is -2.41. The number of carbonyl (C=O) groups excluding carboxylic acids is 1. The lowest BCUT2D eigenvalue weighted by Gasteiger charge is -2.11. The molecule has 6 nitrogen and oxygen atoms in total. The van der Waals surface area contributed by atoms with Gasteiger partial charge in [0.15, 0.2) is 9.84 Å². The third kappa shape index (κ3) is 4.57. The second-order valence-corrected chi connectivity index (χ2v) is 8.41. The highest BCUT2D eigenvalue weighted by Crippen LogP contribution is 2.17. The van der Waals surface area contributed by atoms with Crippen molar-refractivity contribution in [2.75, 3.05) is 18.6 Å². The maximum Gasteiger partial charge on any atom is 0.253 e. The highest BCUT2D eigenvalue weighted by molar-refractivity contribution is 7.91. The summed E-state index contributed by atoms with van der Waals surface area (Å²) in [5, 5.41) is 2.78. The molecule has 0 saturated carbocycles. The molecule has 1 N–H and O–H groups in total. The van der Waals surface area contributed by atoms with Gasteiger partial charge in [-0.1, -0.05) is 12.1 Å². The first-order valence-corrected chi connectivity index (χ1v) is 9.85. The van der Waals surface area contributed by atoms with Crippen LogP contribution in [0.25, 0.3) is 0 Å². The standard InChI is InChI=1S/C18H20N2O4S/c1-24-17-4-2-3-13(9-17)7-14-8-15(11-19-10-14)18(21)20-16-5-6-25(22,23)12-16/h2-4,8-11,16H,5-7,12H2,1H3,(H,20,21). The Kier molecular flexibility index (Phi) is 5.03. The van der Waals surface area contributed by atoms with Crippen LogP contribution in [0, 0.1) is 0 Å². The monoisotopic (exact) mass is 360 g/mol. The number of aromatic nitrogens is 1. The van der Waals surface area contributed by atoms with Crippen molar-refractivity contribution in [3.8, 4) is 5.75 Å². The number of methoxy groups -OCH3 is 1. The van der Waals surface area contributed by atoms with Crippen LogP contribution in [-0.4, -0.2) is 44.0 Å². The molecule has 1 aromatic carbocycles. The van der Waals surface area contributed by atoms with E-state index in [9.17, 15) is 13.2 Å². The van der Waals surface area contributed by atoms with Crippen molar-refractivity contribution in [1.82, 2.24) is 10.3 Å². The quantitative estimate of drug-likeness (QED) is 0.875. The minimum atomic E-state index is -3.02. The average Bonchev–Trinajstić information content (AvgIpc) is 2.94. The maximum atomic E-state index is 12.4. The molecule has 0 spiro atoms. The topological polar surface area (TPSA) is 85.4 Å². The Morgan fingerprint density at radius 2 is 2.12 bits per heavy atom. The van der Waals surface area contributed by atoms with E-state index in [1.165, 1.54) is 6.20 Å². The summed E-state index contributed by atoms with van der Waals surface area (Å²) >= 11 is 0. The second-order valence-electron chi connectivity index (χ2n) is 6.18. The van der Waals surface area contributed by atoms with E-state index in [0.717, 1.165) is 16.9 Å². The molecule has 1 amide bonds. The van der Waals surface area contributed by atoms with Gasteiger partial charge >= 0.3 is 0 Å². The molecule has 1 unspecified atom stereocenters. The van der Waals surface area contributed by atoms with Crippen LogP contribution in [0.3, 0.4) is 0 Å². The molecular weight excluding hydrogens is 340 g/mol. The number of hydrogen-bond acceptors (Lipinski definition) is 5. The van der Waals surface area contributed by atoms with Crippen LogP contribution >= 0.6 is 0 Å². The van der Waals surface area contributed by atoms with Gasteiger partial charge in [0, 0.05) is 18.4 Å². The molecule has 1 fully saturated rings. The Balaban J connectivity index is 1.69. The Morgan fingerprint density at radius 1 is 1.28 bits per heavy atom. The highest BCUT2D eigenvalue weighted by atomic mass is 32.2. The van der Waals surface area contributed by atoms with Gasteiger partial charge in [-0.05, 0) is 42.2 Å². The average molecular weight is 360 g/mol. The molecule has 132 valence electrons. The summed E-state index contributed by atoms with van der Waals surface area (Å²) in [4.78, 5) is 16.5. The van der Waals surface area contributed by atoms with Crippen LogP contribution in [0.4, 0.5) is 0 Å². The third-order valence-electron chi connectivity index (χ3n) is 4.17. The fraction of sp³-hybridized carbons (Fsp3) is 0.333. The first-order valence-electron chi connectivity index (χ1n) is 8.03. The van der Waals surface area contributed by atoms with Crippen molar-refractivity contribution in [3.63, 3.8) is 0 Å². The molecule has 2 heterocycles. The van der Waals surface area contributed by atoms with Crippen molar-refractivity contribution in [1.29, 1.82) is 0 Å². The number of sulfone groups is 1. The number of ether oxygens (including phenoxy) is 1. The van der Waals surface area contributed by atoms with Gasteiger partial charge in [-0.15, -0.1) is 0 Å². The van der Waals surface area contributed by atoms with E-state index in [0.29, 0.717) is 18.4 Å². The van der Waals surface area contributed by atoms with E-state index in [4.69, 9.17) is 4.74 Å². The summed E-state index contributed by atoms with van der Waals surface area (Å²) in [6.07, 6.45) is 4.30. The number of hydrogen-bond donors (Lipinski definition) is 1. The second kappa shape index (κ2) is 7.23. The van der Waals surface area contributed by atoms with E-state index in [1.54, 1.807) is 19.4 Å². The summed E-state index contributed by atoms with van der Waals surface area (Å²) in [6.45, 7) is 0. The molecule has 0 bridgehead atoms. The van der Waals surface area contributed by atoms with E-state index in [-0.39, 0.29) is 23.5 Å². The van der Waals surface area contributed by atoms with Crippen LogP contribution in [-0.2, 0) is 16.3 Å². The Bertz CT molecular complexity index is 880. The van der Waals surface area contributed by atoms with E-state index in [2.05, 4.69) is 10.3 Å². The number of pyridine rings is 1. The van der Waals surface area contributed by atoms with Gasteiger partial charge in [-0.25, -0.2) is 8.42 Å². The van der Waals surface area contributed by atoms with Crippen LogP contribution in [0.15, 0.2) is 42.7 Å². The molecule has 25 heavy (non-hydrogen) atoms.